The van der Waals surface area contributed by atoms with Crippen molar-refractivity contribution in [2.75, 3.05) is 11.1 Å². The molecule has 0 saturated carbocycles. The summed E-state index contributed by atoms with van der Waals surface area (Å²) >= 11 is 6.64. The first-order valence-corrected chi connectivity index (χ1v) is 7.13. The number of thioether (sulfide) groups is 1. The van der Waals surface area contributed by atoms with Crippen molar-refractivity contribution in [3.8, 4) is 0 Å². The zero-order valence-electron chi connectivity index (χ0n) is 10.8. The fraction of sp³-hybridized carbons (Fsp3) is 0.167. The second-order valence-corrected chi connectivity index (χ2v) is 5.38. The number of aryl methyl sites for hydroxylation is 1. The zero-order chi connectivity index (χ0) is 15.4. The summed E-state index contributed by atoms with van der Waals surface area (Å²) in [6, 6.07) is 3.87. The zero-order valence-corrected chi connectivity index (χ0v) is 12.4. The molecule has 0 fully saturated rings. The lowest BCUT2D eigenvalue weighted by Gasteiger charge is -2.05. The second-order valence-electron chi connectivity index (χ2n) is 4.01. The smallest absolute Gasteiger partial charge is 0.273 e. The molecule has 2 N–H and O–H groups in total. The van der Waals surface area contributed by atoms with E-state index in [9.17, 15) is 14.0 Å². The molecule has 1 aromatic carbocycles. The highest BCUT2D eigenvalue weighted by Gasteiger charge is 2.08. The van der Waals surface area contributed by atoms with Crippen LogP contribution in [0.4, 0.5) is 10.1 Å². The molecular weight excluding hydrogens is 319 g/mol. The standard InChI is InChI=1S/C12H10ClFN4O2S/c1-6-11(20)16-12(18-17-6)21-5-10(19)15-7-2-3-9(14)8(13)4-7/h2-4H,5H2,1H3,(H,15,19)(H,16,18,20). The molecule has 1 heterocycles. The van der Waals surface area contributed by atoms with Crippen LogP contribution < -0.4 is 10.9 Å². The Balaban J connectivity index is 1.94. The normalized spacial score (nSPS) is 10.4. The van der Waals surface area contributed by atoms with Crippen molar-refractivity contribution < 1.29 is 9.18 Å². The molecular formula is C12H10ClFN4O2S. The third-order valence-corrected chi connectivity index (χ3v) is 3.54. The van der Waals surface area contributed by atoms with Crippen LogP contribution in [0.15, 0.2) is 28.2 Å². The van der Waals surface area contributed by atoms with Crippen molar-refractivity contribution in [1.82, 2.24) is 15.2 Å². The molecule has 0 bridgehead atoms. The molecule has 0 radical (unpaired) electrons. The van der Waals surface area contributed by atoms with Crippen LogP contribution in [-0.2, 0) is 4.79 Å². The van der Waals surface area contributed by atoms with E-state index in [-0.39, 0.29) is 33.1 Å². The predicted octanol–water partition coefficient (Wildman–Crippen LogP) is 2.00. The van der Waals surface area contributed by atoms with Crippen LogP contribution >= 0.6 is 23.4 Å². The van der Waals surface area contributed by atoms with Gasteiger partial charge in [0.2, 0.25) is 5.91 Å². The van der Waals surface area contributed by atoms with Crippen LogP contribution in [0, 0.1) is 12.7 Å². The molecule has 9 heteroatoms. The van der Waals surface area contributed by atoms with E-state index in [1.54, 1.807) is 0 Å². The molecule has 21 heavy (non-hydrogen) atoms. The average Bonchev–Trinajstić information content (AvgIpc) is 2.44. The molecule has 0 saturated heterocycles. The van der Waals surface area contributed by atoms with Gasteiger partial charge in [-0.1, -0.05) is 23.4 Å². The summed E-state index contributed by atoms with van der Waals surface area (Å²) in [4.78, 5) is 25.5. The molecule has 1 amide bonds. The number of aromatic nitrogens is 3. The molecule has 2 aromatic rings. The predicted molar refractivity (Wildman–Crippen MR) is 78.2 cm³/mol. The number of hydrogen-bond donors (Lipinski definition) is 2. The van der Waals surface area contributed by atoms with Crippen molar-refractivity contribution in [3.63, 3.8) is 0 Å². The van der Waals surface area contributed by atoms with Gasteiger partial charge in [0.1, 0.15) is 11.5 Å². The number of nitrogens with one attached hydrogen (secondary N) is 2. The Morgan fingerprint density at radius 3 is 2.90 bits per heavy atom. The van der Waals surface area contributed by atoms with Crippen molar-refractivity contribution >= 4 is 35.0 Å². The fourth-order valence-corrected chi connectivity index (χ4v) is 2.13. The number of amides is 1. The van der Waals surface area contributed by atoms with Gasteiger partial charge in [-0.3, -0.25) is 14.6 Å². The van der Waals surface area contributed by atoms with Crippen molar-refractivity contribution in [2.45, 2.75) is 12.1 Å². The molecule has 0 unspecified atom stereocenters. The highest BCUT2D eigenvalue weighted by molar-refractivity contribution is 7.99. The van der Waals surface area contributed by atoms with Gasteiger partial charge < -0.3 is 5.32 Å². The number of carbonyl (C=O) groups excluding carboxylic acids is 1. The minimum atomic E-state index is -0.559. The third kappa shape index (κ3) is 4.27. The quantitative estimate of drug-likeness (QED) is 0.838. The Morgan fingerprint density at radius 1 is 1.48 bits per heavy atom. The minimum absolute atomic E-state index is 0.0165. The van der Waals surface area contributed by atoms with Gasteiger partial charge in [-0.25, -0.2) is 4.39 Å². The van der Waals surface area contributed by atoms with Gasteiger partial charge in [0.05, 0.1) is 10.8 Å². The second kappa shape index (κ2) is 6.68. The van der Waals surface area contributed by atoms with E-state index >= 15 is 0 Å². The van der Waals surface area contributed by atoms with Gasteiger partial charge in [-0.05, 0) is 25.1 Å². The topological polar surface area (TPSA) is 87.7 Å². The molecule has 0 atom stereocenters. The molecule has 6 nitrogen and oxygen atoms in total. The summed E-state index contributed by atoms with van der Waals surface area (Å²) in [6.07, 6.45) is 0. The molecule has 0 aliphatic carbocycles. The Hall–Kier alpha value is -1.93. The minimum Gasteiger partial charge on any atom is -0.325 e. The van der Waals surface area contributed by atoms with Gasteiger partial charge >= 0.3 is 0 Å². The van der Waals surface area contributed by atoms with Crippen LogP contribution in [0.3, 0.4) is 0 Å². The summed E-state index contributed by atoms with van der Waals surface area (Å²) in [5, 5.41) is 10.1. The van der Waals surface area contributed by atoms with E-state index in [4.69, 9.17) is 11.6 Å². The Labute approximate surface area is 128 Å². The maximum absolute atomic E-state index is 13.0. The molecule has 2 rings (SSSR count). The first kappa shape index (κ1) is 15.5. The maximum Gasteiger partial charge on any atom is 0.273 e. The Kier molecular flexibility index (Phi) is 4.92. The molecule has 0 aliphatic heterocycles. The highest BCUT2D eigenvalue weighted by atomic mass is 35.5. The summed E-state index contributed by atoms with van der Waals surface area (Å²) in [6.45, 7) is 1.53. The first-order valence-electron chi connectivity index (χ1n) is 5.77. The number of H-pyrrole nitrogens is 1. The van der Waals surface area contributed by atoms with E-state index in [0.717, 1.165) is 17.8 Å². The lowest BCUT2D eigenvalue weighted by atomic mass is 10.3. The number of hydrogen-bond acceptors (Lipinski definition) is 5. The number of halogens is 2. The Bertz CT molecular complexity index is 737. The first-order chi connectivity index (χ1) is 9.95. The molecule has 110 valence electrons. The van der Waals surface area contributed by atoms with Crippen molar-refractivity contribution in [3.05, 3.63) is 45.1 Å². The summed E-state index contributed by atoms with van der Waals surface area (Å²) < 4.78 is 13.0. The molecule has 1 aromatic heterocycles. The van der Waals surface area contributed by atoms with Gasteiger partial charge in [-0.2, -0.15) is 0 Å². The van der Waals surface area contributed by atoms with E-state index in [0.29, 0.717) is 5.69 Å². The lowest BCUT2D eigenvalue weighted by molar-refractivity contribution is -0.113. The number of carbonyl (C=O) groups is 1. The van der Waals surface area contributed by atoms with Crippen molar-refractivity contribution in [2.24, 2.45) is 0 Å². The number of aromatic amines is 1. The third-order valence-electron chi connectivity index (χ3n) is 2.38. The van der Waals surface area contributed by atoms with Crippen molar-refractivity contribution in [1.29, 1.82) is 0 Å². The maximum atomic E-state index is 13.0. The van der Waals surface area contributed by atoms with Crippen LogP contribution in [0.2, 0.25) is 5.02 Å². The van der Waals surface area contributed by atoms with Crippen LogP contribution in [0.25, 0.3) is 0 Å². The Morgan fingerprint density at radius 2 is 2.24 bits per heavy atom. The molecule has 0 aliphatic rings. The van der Waals surface area contributed by atoms with E-state index < -0.39 is 5.82 Å². The number of benzene rings is 1. The van der Waals surface area contributed by atoms with E-state index in [2.05, 4.69) is 20.5 Å². The average molecular weight is 329 g/mol. The summed E-state index contributed by atoms with van der Waals surface area (Å²) in [5.74, 6) is -0.884. The van der Waals surface area contributed by atoms with E-state index in [1.807, 2.05) is 0 Å². The number of anilines is 1. The SMILES string of the molecule is Cc1nnc(SCC(=O)Nc2ccc(F)c(Cl)c2)[nH]c1=O. The van der Waals surface area contributed by atoms with Gasteiger partial charge in [-0.15, -0.1) is 10.2 Å². The van der Waals surface area contributed by atoms with Crippen LogP contribution in [-0.4, -0.2) is 26.8 Å². The summed E-state index contributed by atoms with van der Waals surface area (Å²) in [7, 11) is 0. The molecule has 0 spiro atoms. The summed E-state index contributed by atoms with van der Waals surface area (Å²) in [5.41, 5.74) is 0.290. The number of nitrogens with zero attached hydrogens (tertiary/aromatic N) is 2. The van der Waals surface area contributed by atoms with Crippen LogP contribution in [0.1, 0.15) is 5.69 Å². The van der Waals surface area contributed by atoms with Gasteiger partial charge in [0.15, 0.2) is 5.16 Å². The van der Waals surface area contributed by atoms with Crippen LogP contribution in [0.5, 0.6) is 0 Å². The lowest BCUT2D eigenvalue weighted by Crippen LogP contribution is -2.17. The highest BCUT2D eigenvalue weighted by Crippen LogP contribution is 2.19. The number of rotatable bonds is 4. The van der Waals surface area contributed by atoms with Gasteiger partial charge in [0, 0.05) is 5.69 Å². The monoisotopic (exact) mass is 328 g/mol. The van der Waals surface area contributed by atoms with Gasteiger partial charge in [0.25, 0.3) is 5.56 Å². The largest absolute Gasteiger partial charge is 0.325 e. The fourth-order valence-electron chi connectivity index (χ4n) is 1.35. The van der Waals surface area contributed by atoms with E-state index in [1.165, 1.54) is 19.1 Å².